The minimum absolute atomic E-state index is 0.0585. The zero-order valence-electron chi connectivity index (χ0n) is 23.3. The first-order valence-electron chi connectivity index (χ1n) is 14.2. The molecule has 0 amide bonds. The Morgan fingerprint density at radius 2 is 1.76 bits per heavy atom. The van der Waals surface area contributed by atoms with Gasteiger partial charge in [0, 0.05) is 34.8 Å². The Morgan fingerprint density at radius 3 is 2.42 bits per heavy atom. The summed E-state index contributed by atoms with van der Waals surface area (Å²) in [5.74, 6) is 2.53. The molecule has 38 heavy (non-hydrogen) atoms. The van der Waals surface area contributed by atoms with Crippen molar-refractivity contribution in [3.05, 3.63) is 24.2 Å². The molecule has 9 unspecified atom stereocenters. The number of rotatable bonds is 2. The van der Waals surface area contributed by atoms with E-state index in [0.29, 0.717) is 5.92 Å². The normalized spacial score (nSPS) is 49.7. The van der Waals surface area contributed by atoms with Crippen LogP contribution in [0.2, 0.25) is 0 Å². The second-order valence-corrected chi connectivity index (χ2v) is 17.0. The van der Waals surface area contributed by atoms with Gasteiger partial charge in [0.25, 0.3) is 0 Å². The minimum Gasteiger partial charge on any atom is -0.472 e. The lowest BCUT2D eigenvalue weighted by molar-refractivity contribution is -0.267. The Morgan fingerprint density at radius 1 is 1.03 bits per heavy atom. The highest BCUT2D eigenvalue weighted by Gasteiger charge is 2.88. The summed E-state index contributed by atoms with van der Waals surface area (Å²) in [4.78, 5) is 26.1. The van der Waals surface area contributed by atoms with Crippen LogP contribution in [0.3, 0.4) is 0 Å². The molecule has 6 nitrogen and oxygen atoms in total. The summed E-state index contributed by atoms with van der Waals surface area (Å²) in [6.07, 6.45) is 6.96. The van der Waals surface area contributed by atoms with Crippen LogP contribution in [-0.4, -0.2) is 45.3 Å². The number of esters is 2. The van der Waals surface area contributed by atoms with E-state index in [0.717, 1.165) is 31.2 Å². The number of ether oxygens (including phenoxy) is 3. The maximum Gasteiger partial charge on any atom is 0.339 e. The van der Waals surface area contributed by atoms with Crippen LogP contribution in [0.25, 0.3) is 0 Å². The van der Waals surface area contributed by atoms with Crippen LogP contribution < -0.4 is 0 Å². The molecule has 1 aromatic rings. The van der Waals surface area contributed by atoms with E-state index in [1.807, 2.05) is 6.07 Å². The molecule has 3 aliphatic heterocycles. The van der Waals surface area contributed by atoms with Gasteiger partial charge in [0.2, 0.25) is 0 Å². The zero-order chi connectivity index (χ0) is 26.9. The molecule has 0 aromatic carbocycles. The SMILES string of the molecule is CC(=O)OC1CC2C(C)(CCC3(SCCS3)C2(C)C)C2CCC3(C)C(c4ccoc4)OC(=O)C4OC43C12C. The first kappa shape index (κ1) is 25.8. The molecule has 4 heterocycles. The maximum atomic E-state index is 13.4. The molecule has 208 valence electrons. The smallest absolute Gasteiger partial charge is 0.339 e. The molecule has 7 rings (SSSR count). The quantitative estimate of drug-likeness (QED) is 0.304. The number of furan rings is 1. The number of carbonyl (C=O) groups excluding carboxylic acids is 2. The maximum absolute atomic E-state index is 13.4. The van der Waals surface area contributed by atoms with Gasteiger partial charge in [-0.15, -0.1) is 23.5 Å². The van der Waals surface area contributed by atoms with Crippen LogP contribution in [0.1, 0.15) is 85.3 Å². The molecule has 8 heteroatoms. The number of carbonyl (C=O) groups is 2. The molecule has 3 saturated heterocycles. The van der Waals surface area contributed by atoms with Crippen LogP contribution in [-0.2, 0) is 23.8 Å². The van der Waals surface area contributed by atoms with E-state index >= 15 is 0 Å². The van der Waals surface area contributed by atoms with Gasteiger partial charge < -0.3 is 18.6 Å². The molecule has 2 spiro atoms. The Kier molecular flexibility index (Phi) is 5.29. The lowest BCUT2D eigenvalue weighted by atomic mass is 9.35. The van der Waals surface area contributed by atoms with Crippen molar-refractivity contribution in [1.82, 2.24) is 0 Å². The summed E-state index contributed by atoms with van der Waals surface area (Å²) in [6.45, 7) is 13.5. The predicted molar refractivity (Wildman–Crippen MR) is 147 cm³/mol. The first-order chi connectivity index (χ1) is 17.9. The van der Waals surface area contributed by atoms with Crippen molar-refractivity contribution in [2.75, 3.05) is 11.5 Å². The number of fused-ring (bicyclic) bond motifs is 3. The Hall–Kier alpha value is -1.12. The van der Waals surface area contributed by atoms with Crippen molar-refractivity contribution in [1.29, 1.82) is 0 Å². The Balaban J connectivity index is 1.38. The van der Waals surface area contributed by atoms with Gasteiger partial charge in [-0.05, 0) is 60.8 Å². The summed E-state index contributed by atoms with van der Waals surface area (Å²) in [5.41, 5.74) is -0.702. The zero-order valence-corrected chi connectivity index (χ0v) is 25.0. The number of hydrogen-bond acceptors (Lipinski definition) is 8. The van der Waals surface area contributed by atoms with Gasteiger partial charge in [-0.2, -0.15) is 0 Å². The van der Waals surface area contributed by atoms with Crippen LogP contribution in [0.4, 0.5) is 0 Å². The second-order valence-electron chi connectivity index (χ2n) is 14.0. The third kappa shape index (κ3) is 2.79. The van der Waals surface area contributed by atoms with Crippen molar-refractivity contribution < 1.29 is 28.2 Å². The molecule has 1 aromatic heterocycles. The lowest BCUT2D eigenvalue weighted by Crippen LogP contribution is -2.73. The summed E-state index contributed by atoms with van der Waals surface area (Å²) in [5, 5.41) is 0. The van der Waals surface area contributed by atoms with E-state index in [-0.39, 0.29) is 38.9 Å². The fourth-order valence-corrected chi connectivity index (χ4v) is 14.5. The van der Waals surface area contributed by atoms with E-state index in [1.54, 1.807) is 12.5 Å². The van der Waals surface area contributed by atoms with E-state index in [9.17, 15) is 9.59 Å². The van der Waals surface area contributed by atoms with Crippen molar-refractivity contribution in [3.63, 3.8) is 0 Å². The van der Waals surface area contributed by atoms with Gasteiger partial charge in [0.1, 0.15) is 17.8 Å². The molecule has 0 N–H and O–H groups in total. The van der Waals surface area contributed by atoms with E-state index < -0.39 is 28.6 Å². The topological polar surface area (TPSA) is 78.3 Å². The summed E-state index contributed by atoms with van der Waals surface area (Å²) in [7, 11) is 0. The van der Waals surface area contributed by atoms with E-state index in [2.05, 4.69) is 58.1 Å². The van der Waals surface area contributed by atoms with Gasteiger partial charge >= 0.3 is 11.9 Å². The monoisotopic (exact) mass is 560 g/mol. The first-order valence-corrected chi connectivity index (χ1v) is 16.2. The van der Waals surface area contributed by atoms with Crippen LogP contribution in [0, 0.1) is 33.5 Å². The number of cyclic esters (lactones) is 1. The molecule has 6 fully saturated rings. The molecule has 0 radical (unpaired) electrons. The molecule has 0 bridgehead atoms. The Labute approximate surface area is 234 Å². The van der Waals surface area contributed by atoms with Crippen molar-refractivity contribution in [2.24, 2.45) is 33.5 Å². The standard InChI is InChI=1S/C30H40O6S2/c1-17(31)34-21-15-20-25(2,3)29(37-13-14-38-29)11-10-26(20,4)19-7-9-27(5)22(18-8-12-33-16-18)35-24(32)23-30(27,36-23)28(19,21)6/h8,12,16,19-23H,7,9-11,13-15H2,1-6H3. The van der Waals surface area contributed by atoms with Gasteiger partial charge in [-0.25, -0.2) is 4.79 Å². The fourth-order valence-electron chi connectivity index (χ4n) is 10.8. The van der Waals surface area contributed by atoms with Crippen LogP contribution in [0.15, 0.2) is 23.0 Å². The van der Waals surface area contributed by atoms with Crippen LogP contribution in [0.5, 0.6) is 0 Å². The predicted octanol–water partition coefficient (Wildman–Crippen LogP) is 6.39. The molecule has 9 atom stereocenters. The third-order valence-electron chi connectivity index (χ3n) is 12.4. The van der Waals surface area contributed by atoms with Gasteiger partial charge in [0.15, 0.2) is 6.10 Å². The largest absolute Gasteiger partial charge is 0.472 e. The van der Waals surface area contributed by atoms with Crippen molar-refractivity contribution >= 4 is 35.5 Å². The van der Waals surface area contributed by atoms with Gasteiger partial charge in [-0.1, -0.05) is 34.6 Å². The molecule has 6 aliphatic rings. The molecular weight excluding hydrogens is 520 g/mol. The molecule has 3 saturated carbocycles. The van der Waals surface area contributed by atoms with E-state index in [4.69, 9.17) is 18.6 Å². The van der Waals surface area contributed by atoms with Gasteiger partial charge in [0.05, 0.1) is 16.6 Å². The van der Waals surface area contributed by atoms with Gasteiger partial charge in [-0.3, -0.25) is 4.79 Å². The highest BCUT2D eigenvalue weighted by molar-refractivity contribution is 8.21. The summed E-state index contributed by atoms with van der Waals surface area (Å²) >= 11 is 4.31. The average Bonchev–Trinajstić information content (AvgIpc) is 3.17. The Bertz CT molecular complexity index is 1180. The van der Waals surface area contributed by atoms with Crippen molar-refractivity contribution in [3.8, 4) is 0 Å². The van der Waals surface area contributed by atoms with E-state index in [1.165, 1.54) is 24.9 Å². The average molecular weight is 561 g/mol. The number of thioether (sulfide) groups is 2. The molecule has 3 aliphatic carbocycles. The number of epoxide rings is 1. The number of hydrogen-bond donors (Lipinski definition) is 0. The second kappa shape index (κ2) is 7.79. The highest BCUT2D eigenvalue weighted by Crippen LogP contribution is 2.82. The highest BCUT2D eigenvalue weighted by atomic mass is 32.2. The fraction of sp³-hybridized carbons (Fsp3) is 0.800. The van der Waals surface area contributed by atoms with Crippen LogP contribution >= 0.6 is 23.5 Å². The molecular formula is C30H40O6S2. The summed E-state index contributed by atoms with van der Waals surface area (Å²) in [6, 6.07) is 1.90. The third-order valence-corrected chi connectivity index (χ3v) is 16.6. The minimum atomic E-state index is -0.746. The summed E-state index contributed by atoms with van der Waals surface area (Å²) < 4.78 is 24.7. The lowest BCUT2D eigenvalue weighted by Gasteiger charge is -2.71. The van der Waals surface area contributed by atoms with Crippen molar-refractivity contribution in [2.45, 2.75) is 102 Å².